The van der Waals surface area contributed by atoms with Gasteiger partial charge in [-0.1, -0.05) is 36.4 Å². The summed E-state index contributed by atoms with van der Waals surface area (Å²) in [5.41, 5.74) is -2.88. The van der Waals surface area contributed by atoms with Gasteiger partial charge in [-0.2, -0.15) is 0 Å². The Hall–Kier alpha value is -2.94. The van der Waals surface area contributed by atoms with Crippen LogP contribution >= 0.6 is 0 Å². The smallest absolute Gasteiger partial charge is 0.338 e. The summed E-state index contributed by atoms with van der Waals surface area (Å²) >= 11 is 0. The van der Waals surface area contributed by atoms with E-state index >= 15 is 0 Å². The number of rotatable bonds is 8. The Morgan fingerprint density at radius 3 is 2.14 bits per heavy atom. The summed E-state index contributed by atoms with van der Waals surface area (Å²) in [7, 11) is 0. The number of ether oxygens (including phenoxy) is 6. The van der Waals surface area contributed by atoms with E-state index in [-0.39, 0.29) is 19.4 Å². The largest absolute Gasteiger partial charge is 0.461 e. The number of carbonyl (C=O) groups excluding carboxylic acids is 2. The minimum absolute atomic E-state index is 0.0572. The summed E-state index contributed by atoms with van der Waals surface area (Å²) < 4.78 is 35.7. The van der Waals surface area contributed by atoms with Crippen LogP contribution in [-0.4, -0.2) is 99.6 Å². The van der Waals surface area contributed by atoms with E-state index in [1.807, 2.05) is 0 Å². The highest BCUT2D eigenvalue weighted by molar-refractivity contribution is 5.89. The maximum Gasteiger partial charge on any atom is 0.338 e. The molecule has 6 bridgehead atoms. The van der Waals surface area contributed by atoms with Crippen LogP contribution in [0.4, 0.5) is 0 Å². The molecule has 224 valence electrons. The van der Waals surface area contributed by atoms with E-state index in [1.165, 1.54) is 0 Å². The van der Waals surface area contributed by atoms with Crippen molar-refractivity contribution in [1.29, 1.82) is 0 Å². The molecule has 0 radical (unpaired) electrons. The first-order valence-electron chi connectivity index (χ1n) is 13.9. The van der Waals surface area contributed by atoms with Crippen molar-refractivity contribution in [3.05, 3.63) is 71.8 Å². The molecule has 4 saturated heterocycles. The third-order valence-corrected chi connectivity index (χ3v) is 9.78. The van der Waals surface area contributed by atoms with Gasteiger partial charge >= 0.3 is 11.9 Å². The van der Waals surface area contributed by atoms with Crippen LogP contribution in [-0.2, 0) is 28.4 Å². The summed E-state index contributed by atoms with van der Waals surface area (Å²) in [4.78, 5) is 25.4. The van der Waals surface area contributed by atoms with Gasteiger partial charge in [-0.3, -0.25) is 0 Å². The molecule has 9 rings (SSSR count). The molecule has 2 aromatic rings. The molecule has 7 aliphatic rings. The normalized spacial score (nSPS) is 44.5. The van der Waals surface area contributed by atoms with Gasteiger partial charge in [-0.25, -0.2) is 9.59 Å². The second kappa shape index (κ2) is 9.53. The van der Waals surface area contributed by atoms with Gasteiger partial charge in [-0.05, 0) is 37.6 Å². The number of esters is 2. The number of aliphatic hydroxyl groups excluding tert-OH is 3. The molecule has 12 nitrogen and oxygen atoms in total. The third kappa shape index (κ3) is 3.70. The molecule has 4 aliphatic heterocycles. The molecule has 2 aromatic carbocycles. The maximum atomic E-state index is 12.9. The zero-order chi connectivity index (χ0) is 29.5. The third-order valence-electron chi connectivity index (χ3n) is 9.78. The van der Waals surface area contributed by atoms with E-state index in [1.54, 1.807) is 67.6 Å². The summed E-state index contributed by atoms with van der Waals surface area (Å²) in [6.07, 6.45) is -8.34. The lowest BCUT2D eigenvalue weighted by Gasteiger charge is -2.67. The minimum Gasteiger partial charge on any atom is -0.461 e. The van der Waals surface area contributed by atoms with Crippen LogP contribution in [0.25, 0.3) is 0 Å². The second-order valence-electron chi connectivity index (χ2n) is 12.0. The Bertz CT molecular complexity index is 1370. The van der Waals surface area contributed by atoms with E-state index < -0.39 is 83.9 Å². The van der Waals surface area contributed by atoms with Crippen LogP contribution in [0.15, 0.2) is 60.7 Å². The van der Waals surface area contributed by atoms with Gasteiger partial charge in [0, 0.05) is 12.3 Å². The summed E-state index contributed by atoms with van der Waals surface area (Å²) in [6, 6.07) is 16.7. The molecule has 0 spiro atoms. The molecular formula is C30H32O12. The number of hydrogen-bond donors (Lipinski definition) is 4. The Labute approximate surface area is 240 Å². The van der Waals surface area contributed by atoms with Crippen molar-refractivity contribution in [1.82, 2.24) is 0 Å². The van der Waals surface area contributed by atoms with Crippen molar-refractivity contribution >= 4 is 11.9 Å². The van der Waals surface area contributed by atoms with Crippen molar-refractivity contribution in [2.45, 2.75) is 73.8 Å². The average Bonchev–Trinajstić information content (AvgIpc) is 3.18. The molecule has 42 heavy (non-hydrogen) atoms. The fourth-order valence-electron chi connectivity index (χ4n) is 7.68. The second-order valence-corrected chi connectivity index (χ2v) is 12.0. The molecule has 3 saturated carbocycles. The number of carbonyl (C=O) groups is 2. The molecule has 4 heterocycles. The predicted octanol–water partition coefficient (Wildman–Crippen LogP) is 0.507. The van der Waals surface area contributed by atoms with Gasteiger partial charge in [0.2, 0.25) is 0 Å². The molecule has 3 aliphatic carbocycles. The first-order chi connectivity index (χ1) is 20.0. The van der Waals surface area contributed by atoms with Crippen LogP contribution in [0.1, 0.15) is 40.5 Å². The van der Waals surface area contributed by atoms with Gasteiger partial charge in [0.05, 0.1) is 16.5 Å². The van der Waals surface area contributed by atoms with Crippen LogP contribution in [0.5, 0.6) is 0 Å². The zero-order valence-electron chi connectivity index (χ0n) is 22.7. The van der Waals surface area contributed by atoms with Crippen molar-refractivity contribution in [2.24, 2.45) is 11.3 Å². The topological polar surface area (TPSA) is 170 Å². The van der Waals surface area contributed by atoms with E-state index in [2.05, 4.69) is 0 Å². The molecule has 12 heteroatoms. The van der Waals surface area contributed by atoms with E-state index in [9.17, 15) is 30.0 Å². The monoisotopic (exact) mass is 584 g/mol. The van der Waals surface area contributed by atoms with Gasteiger partial charge in [0.15, 0.2) is 18.4 Å². The van der Waals surface area contributed by atoms with Crippen molar-refractivity contribution in [2.75, 3.05) is 13.2 Å². The highest BCUT2D eigenvalue weighted by atomic mass is 16.8. The number of benzene rings is 2. The lowest BCUT2D eigenvalue weighted by molar-refractivity contribution is -0.424. The van der Waals surface area contributed by atoms with Gasteiger partial charge < -0.3 is 48.8 Å². The molecule has 11 atom stereocenters. The highest BCUT2D eigenvalue weighted by Crippen LogP contribution is 2.81. The van der Waals surface area contributed by atoms with Crippen LogP contribution in [0.3, 0.4) is 0 Å². The van der Waals surface area contributed by atoms with Crippen LogP contribution in [0.2, 0.25) is 0 Å². The predicted molar refractivity (Wildman–Crippen MR) is 138 cm³/mol. The molecule has 0 amide bonds. The quantitative estimate of drug-likeness (QED) is 0.318. The SMILES string of the molecule is C[C@@]12C[C@@]3(O)O[C@H](O1)[C@@]1(COC(=O)c4ccccc4)[C@@H]3C[C@]12O[C@@H]1O[C@H](COC(=O)c2ccccc2)[C@@H](O)[C@H](O)[C@H]1O. The Morgan fingerprint density at radius 2 is 1.50 bits per heavy atom. The lowest BCUT2D eigenvalue weighted by atomic mass is 9.41. The van der Waals surface area contributed by atoms with Crippen molar-refractivity contribution in [3.63, 3.8) is 0 Å². The van der Waals surface area contributed by atoms with E-state index in [4.69, 9.17) is 28.4 Å². The van der Waals surface area contributed by atoms with Gasteiger partial charge in [0.25, 0.3) is 0 Å². The van der Waals surface area contributed by atoms with Crippen LogP contribution in [0, 0.1) is 11.3 Å². The van der Waals surface area contributed by atoms with E-state index in [0.29, 0.717) is 11.1 Å². The summed E-state index contributed by atoms with van der Waals surface area (Å²) in [6.45, 7) is 1.12. The fourth-order valence-corrected chi connectivity index (χ4v) is 7.68. The molecule has 7 fully saturated rings. The lowest BCUT2D eigenvalue weighted by Crippen LogP contribution is -2.80. The Balaban J connectivity index is 1.13. The van der Waals surface area contributed by atoms with Gasteiger partial charge in [0.1, 0.15) is 48.8 Å². The number of aliphatic hydroxyl groups is 4. The summed E-state index contributed by atoms with van der Waals surface area (Å²) in [5, 5.41) is 43.6. The van der Waals surface area contributed by atoms with Crippen LogP contribution < -0.4 is 0 Å². The number of hydrogen-bond acceptors (Lipinski definition) is 12. The maximum absolute atomic E-state index is 12.9. The fraction of sp³-hybridized carbons (Fsp3) is 0.533. The highest BCUT2D eigenvalue weighted by Gasteiger charge is 2.94. The van der Waals surface area contributed by atoms with Gasteiger partial charge in [-0.15, -0.1) is 0 Å². The zero-order valence-corrected chi connectivity index (χ0v) is 22.7. The summed E-state index contributed by atoms with van der Waals surface area (Å²) in [5.74, 6) is -3.25. The molecule has 0 aromatic heterocycles. The molecular weight excluding hydrogens is 552 g/mol. The molecule has 0 unspecified atom stereocenters. The first-order valence-corrected chi connectivity index (χ1v) is 13.9. The Morgan fingerprint density at radius 1 is 0.881 bits per heavy atom. The van der Waals surface area contributed by atoms with Crippen molar-refractivity contribution in [3.8, 4) is 0 Å². The van der Waals surface area contributed by atoms with Crippen molar-refractivity contribution < 1.29 is 58.4 Å². The standard InChI is InChI=1S/C30H32O12/c1-27-14-29(36)19-12-30(27,28(19,26(41-27)42-29)15-38-24(35)17-10-6-3-7-11-17)40-25-22(33)21(32)20(31)18(39-25)13-37-23(34)16-8-4-2-5-9-16/h2-11,18-22,25-26,31-33,36H,12-15H2,1H3/t18-,19+,20-,21+,22-,25+,26+,27+,28-,29-,30-/m1/s1. The van der Waals surface area contributed by atoms with E-state index in [0.717, 1.165) is 0 Å². The first kappa shape index (κ1) is 27.9. The molecule has 4 N–H and O–H groups in total. The Kier molecular flexibility index (Phi) is 6.32. The average molecular weight is 585 g/mol. The minimum atomic E-state index is -1.69.